The number of anilines is 2. The van der Waals surface area contributed by atoms with Crippen molar-refractivity contribution in [2.45, 2.75) is 25.3 Å². The van der Waals surface area contributed by atoms with Crippen LogP contribution in [0.3, 0.4) is 0 Å². The second-order valence-corrected chi connectivity index (χ2v) is 8.27. The second kappa shape index (κ2) is 9.90. The predicted octanol–water partition coefficient (Wildman–Crippen LogP) is 3.33. The molecular formula is C25H30N4O2. The van der Waals surface area contributed by atoms with Gasteiger partial charge in [-0.05, 0) is 49.1 Å². The van der Waals surface area contributed by atoms with Crippen molar-refractivity contribution < 1.29 is 9.59 Å². The van der Waals surface area contributed by atoms with Crippen molar-refractivity contribution in [3.05, 3.63) is 65.7 Å². The third-order valence-corrected chi connectivity index (χ3v) is 6.20. The lowest BCUT2D eigenvalue weighted by Crippen LogP contribution is -2.42. The first-order chi connectivity index (χ1) is 15.2. The Balaban J connectivity index is 1.28. The van der Waals surface area contributed by atoms with Crippen LogP contribution in [0.15, 0.2) is 54.6 Å². The van der Waals surface area contributed by atoms with Gasteiger partial charge in [0.05, 0.1) is 6.67 Å². The summed E-state index contributed by atoms with van der Waals surface area (Å²) in [5.74, 6) is -0.401. The minimum absolute atomic E-state index is 0.401. The minimum atomic E-state index is -0.527. The molecule has 0 radical (unpaired) electrons. The van der Waals surface area contributed by atoms with Gasteiger partial charge in [0.15, 0.2) is 6.29 Å². The highest BCUT2D eigenvalue weighted by Crippen LogP contribution is 2.34. The summed E-state index contributed by atoms with van der Waals surface area (Å²) < 4.78 is 0. The number of carbonyl (C=O) groups is 2. The number of nitrogen functional groups attached to an aromatic ring is 1. The van der Waals surface area contributed by atoms with Crippen LogP contribution in [0.25, 0.3) is 5.57 Å². The van der Waals surface area contributed by atoms with E-state index in [2.05, 4.69) is 51.5 Å². The van der Waals surface area contributed by atoms with Crippen LogP contribution in [0.4, 0.5) is 11.4 Å². The van der Waals surface area contributed by atoms with Crippen molar-refractivity contribution in [1.82, 2.24) is 9.80 Å². The Morgan fingerprint density at radius 3 is 2.68 bits per heavy atom. The largest absolute Gasteiger partial charge is 0.399 e. The van der Waals surface area contributed by atoms with E-state index in [1.807, 2.05) is 12.1 Å². The summed E-state index contributed by atoms with van der Waals surface area (Å²) in [6.45, 7) is 4.40. The van der Waals surface area contributed by atoms with Gasteiger partial charge in [-0.15, -0.1) is 0 Å². The van der Waals surface area contributed by atoms with E-state index < -0.39 is 11.8 Å². The van der Waals surface area contributed by atoms with E-state index in [1.165, 1.54) is 11.1 Å². The summed E-state index contributed by atoms with van der Waals surface area (Å²) in [4.78, 5) is 28.2. The van der Waals surface area contributed by atoms with Gasteiger partial charge in [0, 0.05) is 36.6 Å². The van der Waals surface area contributed by atoms with Gasteiger partial charge in [0.1, 0.15) is 6.04 Å². The Hall–Kier alpha value is -2.96. The molecule has 6 nitrogen and oxygen atoms in total. The summed E-state index contributed by atoms with van der Waals surface area (Å²) in [7, 11) is 0. The number of rotatable bonds is 8. The maximum atomic E-state index is 12.4. The van der Waals surface area contributed by atoms with E-state index in [0.29, 0.717) is 18.6 Å². The van der Waals surface area contributed by atoms with Gasteiger partial charge in [0.2, 0.25) is 5.78 Å². The molecule has 2 aromatic carbocycles. The Morgan fingerprint density at radius 1 is 1.13 bits per heavy atom. The molecular weight excluding hydrogens is 388 g/mol. The monoisotopic (exact) mass is 418 g/mol. The lowest BCUT2D eigenvalue weighted by Gasteiger charge is -2.36. The molecule has 0 saturated heterocycles. The first kappa shape index (κ1) is 21.3. The second-order valence-electron chi connectivity index (χ2n) is 8.27. The zero-order chi connectivity index (χ0) is 21.6. The molecule has 2 aromatic rings. The Kier molecular flexibility index (Phi) is 6.79. The smallest absolute Gasteiger partial charge is 0.216 e. The van der Waals surface area contributed by atoms with E-state index in [-0.39, 0.29) is 0 Å². The highest BCUT2D eigenvalue weighted by atomic mass is 16.2. The molecule has 162 valence electrons. The summed E-state index contributed by atoms with van der Waals surface area (Å²) in [6.07, 6.45) is 5.89. The summed E-state index contributed by atoms with van der Waals surface area (Å²) in [5, 5.41) is 3.33. The van der Waals surface area contributed by atoms with Gasteiger partial charge < -0.3 is 11.1 Å². The SMILES string of the molecule is Nc1ccc2c(c1)NCN(CCCCN1CC=C(c3ccccc3)CC1)C2C(=O)C=O. The van der Waals surface area contributed by atoms with E-state index in [4.69, 9.17) is 5.73 Å². The van der Waals surface area contributed by atoms with Crippen molar-refractivity contribution in [2.75, 3.05) is 43.9 Å². The molecule has 0 aromatic heterocycles. The number of benzene rings is 2. The number of unbranched alkanes of at least 4 members (excludes halogenated alkanes) is 1. The molecule has 31 heavy (non-hydrogen) atoms. The van der Waals surface area contributed by atoms with E-state index in [9.17, 15) is 9.59 Å². The number of hydrogen-bond acceptors (Lipinski definition) is 6. The Bertz CT molecular complexity index is 957. The van der Waals surface area contributed by atoms with Crippen molar-refractivity contribution in [3.8, 4) is 0 Å². The fraction of sp³-hybridized carbons (Fsp3) is 0.360. The molecule has 2 aliphatic heterocycles. The van der Waals surface area contributed by atoms with E-state index in [0.717, 1.165) is 56.7 Å². The fourth-order valence-corrected chi connectivity index (χ4v) is 4.52. The third-order valence-electron chi connectivity index (χ3n) is 6.20. The number of ketones is 1. The average Bonchev–Trinajstić information content (AvgIpc) is 2.82. The lowest BCUT2D eigenvalue weighted by atomic mass is 9.97. The van der Waals surface area contributed by atoms with Gasteiger partial charge in [-0.1, -0.05) is 42.5 Å². The topological polar surface area (TPSA) is 78.7 Å². The highest BCUT2D eigenvalue weighted by molar-refractivity contribution is 6.27. The number of carbonyl (C=O) groups excluding carboxylic acids is 2. The molecule has 0 amide bonds. The normalized spacial score (nSPS) is 19.2. The molecule has 1 unspecified atom stereocenters. The number of nitrogens with zero attached hydrogens (tertiary/aromatic N) is 2. The molecule has 0 aliphatic carbocycles. The van der Waals surface area contributed by atoms with Crippen molar-refractivity contribution >= 4 is 29.0 Å². The van der Waals surface area contributed by atoms with Crippen LogP contribution in [0, 0.1) is 0 Å². The third kappa shape index (κ3) is 5.03. The van der Waals surface area contributed by atoms with Crippen LogP contribution >= 0.6 is 0 Å². The molecule has 0 saturated carbocycles. The molecule has 2 heterocycles. The van der Waals surface area contributed by atoms with Gasteiger partial charge in [0.25, 0.3) is 0 Å². The van der Waals surface area contributed by atoms with Crippen LogP contribution < -0.4 is 11.1 Å². The molecule has 0 spiro atoms. The van der Waals surface area contributed by atoms with Gasteiger partial charge in [-0.25, -0.2) is 0 Å². The fourth-order valence-electron chi connectivity index (χ4n) is 4.52. The molecule has 0 bridgehead atoms. The summed E-state index contributed by atoms with van der Waals surface area (Å²) in [6, 6.07) is 15.5. The first-order valence-electron chi connectivity index (χ1n) is 11.0. The quantitative estimate of drug-likeness (QED) is 0.296. The van der Waals surface area contributed by atoms with Crippen molar-refractivity contribution in [2.24, 2.45) is 0 Å². The van der Waals surface area contributed by atoms with Crippen LogP contribution in [-0.2, 0) is 9.59 Å². The van der Waals surface area contributed by atoms with Crippen molar-refractivity contribution in [1.29, 1.82) is 0 Å². The van der Waals surface area contributed by atoms with Crippen LogP contribution in [-0.4, -0.2) is 54.7 Å². The van der Waals surface area contributed by atoms with Gasteiger partial charge >= 0.3 is 0 Å². The number of fused-ring (bicyclic) bond motifs is 1. The lowest BCUT2D eigenvalue weighted by molar-refractivity contribution is -0.133. The summed E-state index contributed by atoms with van der Waals surface area (Å²) >= 11 is 0. The predicted molar refractivity (Wildman–Crippen MR) is 125 cm³/mol. The molecule has 3 N–H and O–H groups in total. The Labute approximate surface area is 183 Å². The van der Waals surface area contributed by atoms with Crippen LogP contribution in [0.5, 0.6) is 0 Å². The molecule has 6 heteroatoms. The number of hydrogen-bond donors (Lipinski definition) is 2. The van der Waals surface area contributed by atoms with Crippen LogP contribution in [0.1, 0.15) is 36.4 Å². The van der Waals surface area contributed by atoms with Crippen molar-refractivity contribution in [3.63, 3.8) is 0 Å². The molecule has 2 aliphatic rings. The molecule has 4 rings (SSSR count). The number of nitrogens with one attached hydrogen (secondary N) is 1. The number of aldehydes is 1. The van der Waals surface area contributed by atoms with Crippen LogP contribution in [0.2, 0.25) is 0 Å². The van der Waals surface area contributed by atoms with Gasteiger partial charge in [-0.3, -0.25) is 19.4 Å². The number of Topliss-reactive ketones (excluding diaryl/α,β-unsaturated/α-hetero) is 1. The van der Waals surface area contributed by atoms with E-state index in [1.54, 1.807) is 6.07 Å². The maximum Gasteiger partial charge on any atom is 0.216 e. The highest BCUT2D eigenvalue weighted by Gasteiger charge is 2.32. The average molecular weight is 419 g/mol. The zero-order valence-corrected chi connectivity index (χ0v) is 17.8. The molecule has 0 fully saturated rings. The minimum Gasteiger partial charge on any atom is -0.399 e. The number of nitrogens with two attached hydrogens (primary N) is 1. The maximum absolute atomic E-state index is 12.4. The standard InChI is InChI=1S/C25H30N4O2/c26-21-8-9-22-23(16-21)27-18-29(25(22)24(31)17-30)13-5-4-12-28-14-10-20(11-15-28)19-6-2-1-3-7-19/h1-3,6-10,16-17,25,27H,4-5,11-15,18,26H2. The first-order valence-corrected chi connectivity index (χ1v) is 11.0. The Morgan fingerprint density at radius 2 is 1.94 bits per heavy atom. The van der Waals surface area contributed by atoms with Gasteiger partial charge in [-0.2, -0.15) is 0 Å². The van der Waals surface area contributed by atoms with E-state index >= 15 is 0 Å². The summed E-state index contributed by atoms with van der Waals surface area (Å²) in [5.41, 5.74) is 10.9. The molecule has 1 atom stereocenters. The zero-order valence-electron chi connectivity index (χ0n) is 17.8.